The van der Waals surface area contributed by atoms with Gasteiger partial charge in [0.05, 0.1) is 12.3 Å². The molecular weight excluding hydrogens is 427 g/mol. The van der Waals surface area contributed by atoms with E-state index in [1.807, 2.05) is 0 Å². The monoisotopic (exact) mass is 451 g/mol. The number of rotatable bonds is 6. The number of benzene rings is 1. The largest absolute Gasteiger partial charge is 0.490 e. The van der Waals surface area contributed by atoms with Crippen molar-refractivity contribution in [3.8, 4) is 5.75 Å². The zero-order valence-electron chi connectivity index (χ0n) is 18.1. The van der Waals surface area contributed by atoms with Gasteiger partial charge in [0, 0.05) is 45.2 Å². The van der Waals surface area contributed by atoms with Crippen LogP contribution in [0.5, 0.6) is 5.75 Å². The maximum absolute atomic E-state index is 13.3. The molecule has 0 saturated heterocycles. The Labute approximate surface area is 183 Å². The average Bonchev–Trinajstić information content (AvgIpc) is 2.70. The second kappa shape index (κ2) is 8.12. The van der Waals surface area contributed by atoms with E-state index in [4.69, 9.17) is 9.47 Å². The minimum Gasteiger partial charge on any atom is -0.490 e. The first-order chi connectivity index (χ1) is 15.1. The molecule has 1 amide bonds. The number of amides is 1. The summed E-state index contributed by atoms with van der Waals surface area (Å²) in [4.78, 5) is 23.4. The molecule has 8 nitrogen and oxygen atoms in total. The molecule has 1 atom stereocenters. The van der Waals surface area contributed by atoms with E-state index in [0.717, 1.165) is 12.1 Å². The fraction of sp³-hybridized carbons (Fsp3) is 0.476. The van der Waals surface area contributed by atoms with Gasteiger partial charge in [-0.3, -0.25) is 4.79 Å². The topological polar surface area (TPSA) is 88.6 Å². The Morgan fingerprint density at radius 3 is 2.53 bits per heavy atom. The van der Waals surface area contributed by atoms with Gasteiger partial charge in [0.15, 0.2) is 23.3 Å². The number of aryl methyl sites for hydroxylation is 1. The Morgan fingerprint density at radius 2 is 1.91 bits per heavy atom. The molecule has 1 aliphatic heterocycles. The summed E-state index contributed by atoms with van der Waals surface area (Å²) >= 11 is 0. The number of nitrogens with one attached hydrogen (secondary N) is 2. The molecule has 1 aromatic heterocycles. The van der Waals surface area contributed by atoms with E-state index in [1.165, 1.54) is 7.11 Å². The van der Waals surface area contributed by atoms with E-state index in [-0.39, 0.29) is 30.4 Å². The van der Waals surface area contributed by atoms with Crippen LogP contribution >= 0.6 is 0 Å². The van der Waals surface area contributed by atoms with Crippen molar-refractivity contribution in [1.82, 2.24) is 9.97 Å². The number of fused-ring (bicyclic) bond motifs is 1. The first-order valence-corrected chi connectivity index (χ1v) is 10.1. The molecule has 32 heavy (non-hydrogen) atoms. The van der Waals surface area contributed by atoms with E-state index >= 15 is 0 Å². The van der Waals surface area contributed by atoms with Crippen molar-refractivity contribution in [3.05, 3.63) is 35.3 Å². The summed E-state index contributed by atoms with van der Waals surface area (Å²) < 4.78 is 50.5. The molecular formula is C21H24F3N5O3. The minimum atomic E-state index is -1.52. The number of hydrogen-bond acceptors (Lipinski definition) is 7. The van der Waals surface area contributed by atoms with Crippen molar-refractivity contribution in [2.75, 3.05) is 36.3 Å². The number of ether oxygens (including phenoxy) is 2. The highest BCUT2D eigenvalue weighted by Gasteiger charge is 2.44. The Bertz CT molecular complexity index is 1040. The molecule has 2 aliphatic rings. The van der Waals surface area contributed by atoms with Crippen LogP contribution in [0.1, 0.15) is 25.5 Å². The number of anilines is 3. The highest BCUT2D eigenvalue weighted by molar-refractivity contribution is 6.06. The van der Waals surface area contributed by atoms with Crippen molar-refractivity contribution in [3.63, 3.8) is 0 Å². The van der Waals surface area contributed by atoms with E-state index in [1.54, 1.807) is 25.8 Å². The molecule has 1 aromatic carbocycles. The summed E-state index contributed by atoms with van der Waals surface area (Å²) in [6.45, 7) is 3.74. The number of methoxy groups -OCH3 is 1. The van der Waals surface area contributed by atoms with Crippen molar-refractivity contribution < 1.29 is 27.4 Å². The van der Waals surface area contributed by atoms with Gasteiger partial charge in [-0.25, -0.2) is 18.2 Å². The minimum absolute atomic E-state index is 0.0126. The second-order valence-electron chi connectivity index (χ2n) is 8.30. The lowest BCUT2D eigenvalue weighted by Crippen LogP contribution is -2.59. The first kappa shape index (κ1) is 22.1. The van der Waals surface area contributed by atoms with Crippen LogP contribution in [0.25, 0.3) is 0 Å². The lowest BCUT2D eigenvalue weighted by atomic mass is 9.89. The normalized spacial score (nSPS) is 24.5. The van der Waals surface area contributed by atoms with Crippen LogP contribution < -0.4 is 20.3 Å². The van der Waals surface area contributed by atoms with Crippen molar-refractivity contribution >= 4 is 23.4 Å². The van der Waals surface area contributed by atoms with Gasteiger partial charge < -0.3 is 25.0 Å². The van der Waals surface area contributed by atoms with Crippen LogP contribution in [0.2, 0.25) is 0 Å². The smallest absolute Gasteiger partial charge is 0.252 e. The third-order valence-corrected chi connectivity index (χ3v) is 5.97. The van der Waals surface area contributed by atoms with Crippen LogP contribution in [0, 0.1) is 24.4 Å². The average molecular weight is 451 g/mol. The summed E-state index contributed by atoms with van der Waals surface area (Å²) in [5.41, 5.74) is 0.239. The molecule has 4 rings (SSSR count). The Kier molecular flexibility index (Phi) is 5.61. The first-order valence-electron chi connectivity index (χ1n) is 10.1. The van der Waals surface area contributed by atoms with Gasteiger partial charge in [-0.2, -0.15) is 4.98 Å². The Hall–Kier alpha value is -3.08. The van der Waals surface area contributed by atoms with E-state index < -0.39 is 23.0 Å². The molecule has 0 unspecified atom stereocenters. The van der Waals surface area contributed by atoms with Crippen molar-refractivity contribution in [2.45, 2.75) is 44.4 Å². The third kappa shape index (κ3) is 3.81. The number of aromatic nitrogens is 2. The Morgan fingerprint density at radius 1 is 1.25 bits per heavy atom. The van der Waals surface area contributed by atoms with E-state index in [2.05, 4.69) is 20.6 Å². The number of hydrogen-bond donors (Lipinski definition) is 2. The van der Waals surface area contributed by atoms with Crippen molar-refractivity contribution in [1.29, 1.82) is 0 Å². The van der Waals surface area contributed by atoms with Crippen LogP contribution in [-0.4, -0.2) is 54.3 Å². The predicted molar refractivity (Wildman–Crippen MR) is 111 cm³/mol. The predicted octanol–water partition coefficient (Wildman–Crippen LogP) is 3.02. The van der Waals surface area contributed by atoms with Gasteiger partial charge in [-0.15, -0.1) is 0 Å². The van der Waals surface area contributed by atoms with Gasteiger partial charge in [0.25, 0.3) is 5.91 Å². The summed E-state index contributed by atoms with van der Waals surface area (Å²) in [6, 6.07) is 1.65. The lowest BCUT2D eigenvalue weighted by molar-refractivity contribution is -0.122. The number of likely N-dealkylation sites (N-methyl/N-ethyl adjacent to an activating group) is 1. The van der Waals surface area contributed by atoms with Crippen LogP contribution in [-0.2, 0) is 9.53 Å². The van der Waals surface area contributed by atoms with Crippen LogP contribution in [0.3, 0.4) is 0 Å². The van der Waals surface area contributed by atoms with Crippen molar-refractivity contribution in [2.24, 2.45) is 0 Å². The molecule has 11 heteroatoms. The molecule has 0 bridgehead atoms. The fourth-order valence-electron chi connectivity index (χ4n) is 3.84. The molecule has 1 aliphatic carbocycles. The third-order valence-electron chi connectivity index (χ3n) is 5.97. The van der Waals surface area contributed by atoms with Crippen LogP contribution in [0.4, 0.5) is 30.6 Å². The number of nitrogens with zero attached hydrogens (tertiary/aromatic N) is 3. The van der Waals surface area contributed by atoms with Gasteiger partial charge >= 0.3 is 0 Å². The molecule has 1 fully saturated rings. The number of carbonyl (C=O) groups excluding carboxylic acids is 1. The SMILES string of the molecule is COC[C@@]1(C)C(=O)Nc2c(C)nc(NC3CC(Oc4cc(F)c(F)c(F)c4)C3)nc2N1C. The fourth-order valence-corrected chi connectivity index (χ4v) is 3.84. The molecule has 1 saturated carbocycles. The van der Waals surface area contributed by atoms with Gasteiger partial charge in [-0.1, -0.05) is 0 Å². The molecule has 2 N–H and O–H groups in total. The van der Waals surface area contributed by atoms with Gasteiger partial charge in [0.2, 0.25) is 5.95 Å². The highest BCUT2D eigenvalue weighted by Crippen LogP contribution is 2.37. The molecule has 2 heterocycles. The maximum atomic E-state index is 13.3. The van der Waals surface area contributed by atoms with E-state index in [0.29, 0.717) is 36.0 Å². The van der Waals surface area contributed by atoms with Gasteiger partial charge in [0.1, 0.15) is 23.1 Å². The Balaban J connectivity index is 1.43. The zero-order chi connectivity index (χ0) is 23.2. The zero-order valence-corrected chi connectivity index (χ0v) is 18.1. The number of carbonyl (C=O) groups is 1. The lowest BCUT2D eigenvalue weighted by Gasteiger charge is -2.42. The summed E-state index contributed by atoms with van der Waals surface area (Å²) in [7, 11) is 3.31. The van der Waals surface area contributed by atoms with Crippen LogP contribution in [0.15, 0.2) is 12.1 Å². The summed E-state index contributed by atoms with van der Waals surface area (Å²) in [5.74, 6) is -3.38. The molecule has 0 spiro atoms. The summed E-state index contributed by atoms with van der Waals surface area (Å²) in [6.07, 6.45) is 0.824. The maximum Gasteiger partial charge on any atom is 0.252 e. The summed E-state index contributed by atoms with van der Waals surface area (Å²) in [5, 5.41) is 6.10. The standard InChI is InChI=1S/C21H24F3N5O3/c1-10-17-18(29(3)21(2,9-31-4)19(30)27-17)28-20(25-10)26-11-5-12(6-11)32-13-7-14(22)16(24)15(23)8-13/h7-8,11-12H,5-6,9H2,1-4H3,(H,27,30)(H,25,26,28)/t11?,12?,21-/m0/s1. The molecule has 172 valence electrons. The second-order valence-corrected chi connectivity index (χ2v) is 8.30. The molecule has 0 radical (unpaired) electrons. The quantitative estimate of drug-likeness (QED) is 0.653. The number of halogens is 3. The highest BCUT2D eigenvalue weighted by atomic mass is 19.2. The van der Waals surface area contributed by atoms with Gasteiger partial charge in [-0.05, 0) is 13.8 Å². The molecule has 2 aromatic rings. The van der Waals surface area contributed by atoms with E-state index in [9.17, 15) is 18.0 Å².